The molecule has 2 aromatic carbocycles. The van der Waals surface area contributed by atoms with Crippen molar-refractivity contribution in [1.82, 2.24) is 10.2 Å². The molecule has 3 heterocycles. The predicted molar refractivity (Wildman–Crippen MR) is 153 cm³/mol. The van der Waals surface area contributed by atoms with Gasteiger partial charge in [0.2, 0.25) is 17.7 Å². The highest BCUT2D eigenvalue weighted by molar-refractivity contribution is 6.03. The fourth-order valence-corrected chi connectivity index (χ4v) is 7.21. The zero-order valence-electron chi connectivity index (χ0n) is 23.6. The number of carbonyl (C=O) groups excluding carboxylic acids is 3. The lowest BCUT2D eigenvalue weighted by molar-refractivity contribution is -0.146. The lowest BCUT2D eigenvalue weighted by Gasteiger charge is -2.34. The minimum atomic E-state index is -1.12. The monoisotopic (exact) mass is 548 g/mol. The molecule has 5 atom stereocenters. The van der Waals surface area contributed by atoms with Crippen molar-refractivity contribution in [2.45, 2.75) is 63.8 Å². The van der Waals surface area contributed by atoms with Crippen LogP contribution in [-0.4, -0.2) is 71.2 Å². The highest BCUT2D eigenvalue weighted by atomic mass is 16.5. The molecule has 3 aliphatic heterocycles. The number of hydrogen-bond acceptors (Lipinski definition) is 6. The maximum atomic E-state index is 13.9. The Morgan fingerprint density at radius 2 is 1.73 bits per heavy atom. The first-order valence-corrected chi connectivity index (χ1v) is 14.4. The van der Waals surface area contributed by atoms with Gasteiger partial charge in [0.15, 0.2) is 0 Å². The Kier molecular flexibility index (Phi) is 7.88. The van der Waals surface area contributed by atoms with E-state index in [0.29, 0.717) is 31.5 Å². The summed E-state index contributed by atoms with van der Waals surface area (Å²) in [5, 5.41) is 15.8. The zero-order valence-corrected chi connectivity index (χ0v) is 23.6. The molecule has 3 N–H and O–H groups in total. The molecule has 5 rings (SSSR count). The van der Waals surface area contributed by atoms with Crippen LogP contribution in [-0.2, 0) is 25.7 Å². The van der Waals surface area contributed by atoms with Gasteiger partial charge in [-0.05, 0) is 62.9 Å². The minimum Gasteiger partial charge on any atom is -0.395 e. The van der Waals surface area contributed by atoms with Crippen LogP contribution in [0.1, 0.15) is 45.6 Å². The number of hydrogen-bond donors (Lipinski definition) is 3. The van der Waals surface area contributed by atoms with Crippen molar-refractivity contribution in [2.24, 2.45) is 11.8 Å². The van der Waals surface area contributed by atoms with Crippen molar-refractivity contribution in [3.05, 3.63) is 60.2 Å². The Balaban J connectivity index is 1.42. The quantitative estimate of drug-likeness (QED) is 0.398. The maximum Gasteiger partial charge on any atom is 0.250 e. The molecule has 3 fully saturated rings. The molecule has 40 heavy (non-hydrogen) atoms. The Bertz CT molecular complexity index is 1230. The van der Waals surface area contributed by atoms with Gasteiger partial charge in [0.25, 0.3) is 0 Å². The number of rotatable bonds is 11. The summed E-state index contributed by atoms with van der Waals surface area (Å²) in [6, 6.07) is 16.3. The van der Waals surface area contributed by atoms with E-state index in [1.54, 1.807) is 0 Å². The van der Waals surface area contributed by atoms with E-state index in [1.165, 1.54) is 4.90 Å². The Labute approximate surface area is 235 Å². The summed E-state index contributed by atoms with van der Waals surface area (Å²) in [5.41, 5.74) is 0.710. The molecule has 9 nitrogen and oxygen atoms in total. The summed E-state index contributed by atoms with van der Waals surface area (Å²) >= 11 is 0. The highest BCUT2D eigenvalue weighted by Gasteiger charge is 2.78. The van der Waals surface area contributed by atoms with Crippen LogP contribution in [0.4, 0.5) is 11.4 Å². The Hall–Kier alpha value is -3.43. The molecule has 2 bridgehead atoms. The second-order valence-corrected chi connectivity index (χ2v) is 11.0. The van der Waals surface area contributed by atoms with Crippen LogP contribution in [0.15, 0.2) is 54.6 Å². The summed E-state index contributed by atoms with van der Waals surface area (Å²) < 4.78 is 6.73. The van der Waals surface area contributed by atoms with Crippen LogP contribution >= 0.6 is 0 Å². The number of carbonyl (C=O) groups is 3. The molecule has 214 valence electrons. The third-order valence-electron chi connectivity index (χ3n) is 9.13. The topological polar surface area (TPSA) is 111 Å². The van der Waals surface area contributed by atoms with E-state index in [4.69, 9.17) is 4.74 Å². The fraction of sp³-hybridized carbons (Fsp3) is 0.516. The van der Waals surface area contributed by atoms with E-state index in [1.807, 2.05) is 61.5 Å². The van der Waals surface area contributed by atoms with Crippen molar-refractivity contribution in [3.8, 4) is 0 Å². The van der Waals surface area contributed by atoms with Crippen molar-refractivity contribution in [1.29, 1.82) is 0 Å². The van der Waals surface area contributed by atoms with Gasteiger partial charge in [-0.2, -0.15) is 0 Å². The fourth-order valence-electron chi connectivity index (χ4n) is 7.21. The lowest BCUT2D eigenvalue weighted by atomic mass is 9.65. The van der Waals surface area contributed by atoms with Gasteiger partial charge in [-0.15, -0.1) is 0 Å². The van der Waals surface area contributed by atoms with Crippen LogP contribution < -0.4 is 15.5 Å². The summed E-state index contributed by atoms with van der Waals surface area (Å²) in [5.74, 6) is -2.40. The number of anilines is 2. The lowest BCUT2D eigenvalue weighted by Crippen LogP contribution is -2.53. The number of aliphatic hydroxyl groups excluding tert-OH is 1. The number of fused-ring (bicyclic) bond motifs is 1. The van der Waals surface area contributed by atoms with Crippen LogP contribution in [0.3, 0.4) is 0 Å². The average molecular weight is 549 g/mol. The number of amides is 3. The minimum absolute atomic E-state index is 0.00307. The average Bonchev–Trinajstić information content (AvgIpc) is 3.57. The molecule has 2 aromatic rings. The maximum absolute atomic E-state index is 13.9. The smallest absolute Gasteiger partial charge is 0.250 e. The number of benzene rings is 2. The van der Waals surface area contributed by atoms with Crippen LogP contribution in [0.5, 0.6) is 0 Å². The number of ether oxygens (including phenoxy) is 1. The number of β-amino-alcohol motifs (C(OH)–C–C–N with tert-alkyl or cyclic N) is 1. The third-order valence-corrected chi connectivity index (χ3v) is 9.13. The van der Waals surface area contributed by atoms with Crippen molar-refractivity contribution >= 4 is 29.1 Å². The van der Waals surface area contributed by atoms with Crippen LogP contribution in [0.2, 0.25) is 0 Å². The molecule has 1 spiro atoms. The van der Waals surface area contributed by atoms with E-state index in [-0.39, 0.29) is 30.9 Å². The summed E-state index contributed by atoms with van der Waals surface area (Å²) in [6.45, 7) is 7.97. The molecule has 3 aliphatic rings. The molecule has 2 unspecified atom stereocenters. The van der Waals surface area contributed by atoms with Gasteiger partial charge in [-0.3, -0.25) is 14.4 Å². The van der Waals surface area contributed by atoms with Gasteiger partial charge in [0.05, 0.1) is 24.0 Å². The largest absolute Gasteiger partial charge is 0.395 e. The molecule has 0 saturated carbocycles. The molecule has 3 amide bonds. The molecule has 0 aliphatic carbocycles. The molecular weight excluding hydrogens is 508 g/mol. The first-order valence-electron chi connectivity index (χ1n) is 14.4. The van der Waals surface area contributed by atoms with E-state index < -0.39 is 29.1 Å². The van der Waals surface area contributed by atoms with Crippen molar-refractivity contribution in [2.75, 3.05) is 36.5 Å². The Morgan fingerprint density at radius 3 is 2.35 bits per heavy atom. The normalized spacial score (nSPS) is 28.4. The SMILES string of the molecule is CCN(CC)c1ccc(NC(=O)C2N(CCO)C(=O)[C@@H]3[C@H](C(=O)NCc4ccccc4)[C@]4(CC)CCC23O4)cc1. The first-order chi connectivity index (χ1) is 19.3. The van der Waals surface area contributed by atoms with Crippen molar-refractivity contribution < 1.29 is 24.2 Å². The van der Waals surface area contributed by atoms with Crippen LogP contribution in [0, 0.1) is 11.8 Å². The molecule has 3 saturated heterocycles. The number of likely N-dealkylation sites (tertiary alicyclic amines) is 1. The van der Waals surface area contributed by atoms with Gasteiger partial charge in [-0.25, -0.2) is 0 Å². The summed E-state index contributed by atoms with van der Waals surface area (Å²) in [6.07, 6.45) is 1.65. The van der Waals surface area contributed by atoms with Gasteiger partial charge in [0, 0.05) is 37.6 Å². The van der Waals surface area contributed by atoms with E-state index in [2.05, 4.69) is 29.4 Å². The highest BCUT2D eigenvalue weighted by Crippen LogP contribution is 2.64. The van der Waals surface area contributed by atoms with Gasteiger partial charge in [-0.1, -0.05) is 37.3 Å². The molecule has 9 heteroatoms. The van der Waals surface area contributed by atoms with E-state index in [0.717, 1.165) is 24.3 Å². The first kappa shape index (κ1) is 28.1. The van der Waals surface area contributed by atoms with E-state index in [9.17, 15) is 19.5 Å². The molecule has 0 aromatic heterocycles. The van der Waals surface area contributed by atoms with Gasteiger partial charge < -0.3 is 30.3 Å². The van der Waals surface area contributed by atoms with E-state index >= 15 is 0 Å². The Morgan fingerprint density at radius 1 is 1.02 bits per heavy atom. The van der Waals surface area contributed by atoms with Gasteiger partial charge >= 0.3 is 0 Å². The number of nitrogens with zero attached hydrogens (tertiary/aromatic N) is 2. The third kappa shape index (κ3) is 4.55. The summed E-state index contributed by atoms with van der Waals surface area (Å²) in [7, 11) is 0. The standard InChI is InChI=1S/C31H40N4O5/c1-4-30-16-17-31(40-30)25(24(30)27(37)32-20-21-10-8-7-9-11-21)29(39)35(18-19-36)26(31)28(38)33-22-12-14-23(15-13-22)34(5-2)6-3/h7-15,24-26,36H,4-6,16-20H2,1-3H3,(H,32,37)(H,33,38)/t24-,25+,26?,30+,31?/m1/s1. The number of nitrogens with one attached hydrogen (secondary N) is 2. The number of aliphatic hydroxyl groups is 1. The zero-order chi connectivity index (χ0) is 28.5. The van der Waals surface area contributed by atoms with Gasteiger partial charge in [0.1, 0.15) is 11.6 Å². The predicted octanol–water partition coefficient (Wildman–Crippen LogP) is 2.93. The molecule has 0 radical (unpaired) electrons. The second-order valence-electron chi connectivity index (χ2n) is 11.0. The van der Waals surface area contributed by atoms with Crippen LogP contribution in [0.25, 0.3) is 0 Å². The second kappa shape index (κ2) is 11.2. The van der Waals surface area contributed by atoms with Crippen molar-refractivity contribution in [3.63, 3.8) is 0 Å². The molecular formula is C31H40N4O5. The summed E-state index contributed by atoms with van der Waals surface area (Å²) in [4.78, 5) is 45.2.